The molecule has 0 saturated heterocycles. The first-order valence-electron chi connectivity index (χ1n) is 7.05. The quantitative estimate of drug-likeness (QED) is 0.550. The highest BCUT2D eigenvalue weighted by molar-refractivity contribution is 6.50. The third-order valence-electron chi connectivity index (χ3n) is 3.39. The van der Waals surface area contributed by atoms with Crippen LogP contribution in [-0.2, 0) is 9.59 Å². The van der Waals surface area contributed by atoms with Gasteiger partial charge in [0, 0.05) is 11.1 Å². The molecule has 2 nitrogen and oxygen atoms in total. The summed E-state index contributed by atoms with van der Waals surface area (Å²) in [6.07, 6.45) is 3.79. The van der Waals surface area contributed by atoms with Crippen LogP contribution in [0.1, 0.15) is 61.3 Å². The largest absolute Gasteiger partial charge is 0.285 e. The molecular formula is C17H26O2. The minimum absolute atomic E-state index is 0.281. The van der Waals surface area contributed by atoms with Crippen LogP contribution in [0.25, 0.3) is 0 Å². The number of rotatable bonds is 2. The van der Waals surface area contributed by atoms with Gasteiger partial charge in [-0.25, -0.2) is 0 Å². The van der Waals surface area contributed by atoms with Gasteiger partial charge >= 0.3 is 0 Å². The van der Waals surface area contributed by atoms with Crippen molar-refractivity contribution in [3.8, 4) is 0 Å². The lowest BCUT2D eigenvalue weighted by atomic mass is 9.70. The number of ketones is 2. The maximum Gasteiger partial charge on any atom is 0.229 e. The van der Waals surface area contributed by atoms with Gasteiger partial charge in [0.25, 0.3) is 0 Å². The van der Waals surface area contributed by atoms with Gasteiger partial charge in [-0.15, -0.1) is 0 Å². The Kier molecular flexibility index (Phi) is 4.23. The SMILES string of the molecule is CCCC1=C(C(C)(C)C)C(=O)C(=O)C(C(C)(C)C)=C1. The van der Waals surface area contributed by atoms with Gasteiger partial charge in [0.1, 0.15) is 0 Å². The fourth-order valence-corrected chi connectivity index (χ4v) is 2.54. The average molecular weight is 262 g/mol. The molecule has 0 spiro atoms. The second-order valence-electron chi connectivity index (χ2n) is 7.37. The van der Waals surface area contributed by atoms with Gasteiger partial charge in [-0.1, -0.05) is 61.0 Å². The van der Waals surface area contributed by atoms with E-state index in [0.717, 1.165) is 18.4 Å². The van der Waals surface area contributed by atoms with Crippen LogP contribution in [0.2, 0.25) is 0 Å². The molecule has 0 aromatic rings. The first kappa shape index (κ1) is 15.9. The van der Waals surface area contributed by atoms with Crippen LogP contribution in [0.15, 0.2) is 22.8 Å². The Bertz CT molecular complexity index is 462. The summed E-state index contributed by atoms with van der Waals surface area (Å²) in [6, 6.07) is 0. The van der Waals surface area contributed by atoms with Crippen LogP contribution in [0.4, 0.5) is 0 Å². The molecule has 0 heterocycles. The summed E-state index contributed by atoms with van der Waals surface area (Å²) in [7, 11) is 0. The fourth-order valence-electron chi connectivity index (χ4n) is 2.54. The Hall–Kier alpha value is -1.18. The molecule has 0 N–H and O–H groups in total. The van der Waals surface area contributed by atoms with E-state index in [1.807, 2.05) is 47.6 Å². The lowest BCUT2D eigenvalue weighted by molar-refractivity contribution is -0.133. The number of Topliss-reactive ketones (excluding diaryl/α,β-unsaturated/α-hetero) is 2. The predicted molar refractivity (Wildman–Crippen MR) is 78.9 cm³/mol. The molecule has 1 rings (SSSR count). The molecule has 0 fully saturated rings. The zero-order chi connectivity index (χ0) is 15.0. The molecule has 1 aliphatic rings. The monoisotopic (exact) mass is 262 g/mol. The topological polar surface area (TPSA) is 34.1 Å². The van der Waals surface area contributed by atoms with E-state index in [0.29, 0.717) is 11.1 Å². The Morgan fingerprint density at radius 3 is 1.79 bits per heavy atom. The van der Waals surface area contributed by atoms with Crippen molar-refractivity contribution >= 4 is 11.6 Å². The molecule has 2 heteroatoms. The first-order valence-corrected chi connectivity index (χ1v) is 7.05. The van der Waals surface area contributed by atoms with E-state index in [2.05, 4.69) is 6.92 Å². The van der Waals surface area contributed by atoms with E-state index in [1.54, 1.807) is 0 Å². The van der Waals surface area contributed by atoms with Gasteiger partial charge in [0.05, 0.1) is 0 Å². The summed E-state index contributed by atoms with van der Waals surface area (Å²) in [5, 5.41) is 0. The Labute approximate surface area is 117 Å². The Morgan fingerprint density at radius 2 is 1.42 bits per heavy atom. The number of hydrogen-bond acceptors (Lipinski definition) is 2. The van der Waals surface area contributed by atoms with Crippen LogP contribution < -0.4 is 0 Å². The molecule has 0 aromatic carbocycles. The summed E-state index contributed by atoms with van der Waals surface area (Å²) >= 11 is 0. The van der Waals surface area contributed by atoms with Crippen molar-refractivity contribution in [3.63, 3.8) is 0 Å². The lowest BCUT2D eigenvalue weighted by Crippen LogP contribution is -2.34. The molecule has 0 unspecified atom stereocenters. The van der Waals surface area contributed by atoms with Crippen molar-refractivity contribution < 1.29 is 9.59 Å². The van der Waals surface area contributed by atoms with E-state index in [9.17, 15) is 9.59 Å². The van der Waals surface area contributed by atoms with E-state index in [1.165, 1.54) is 0 Å². The van der Waals surface area contributed by atoms with Gasteiger partial charge < -0.3 is 0 Å². The van der Waals surface area contributed by atoms with Crippen LogP contribution in [-0.4, -0.2) is 11.6 Å². The normalized spacial score (nSPS) is 17.9. The molecule has 0 saturated carbocycles. The van der Waals surface area contributed by atoms with Crippen molar-refractivity contribution in [2.24, 2.45) is 10.8 Å². The van der Waals surface area contributed by atoms with Gasteiger partial charge in [-0.05, 0) is 22.8 Å². The third kappa shape index (κ3) is 3.23. The third-order valence-corrected chi connectivity index (χ3v) is 3.39. The first-order chi connectivity index (χ1) is 8.50. The van der Waals surface area contributed by atoms with Crippen LogP contribution >= 0.6 is 0 Å². The average Bonchev–Trinajstić information content (AvgIpc) is 2.19. The minimum atomic E-state index is -0.322. The molecule has 0 radical (unpaired) electrons. The molecular weight excluding hydrogens is 236 g/mol. The standard InChI is InChI=1S/C17H26O2/c1-8-9-11-10-12(16(2,3)4)14(18)15(19)13(11)17(5,6)7/h10H,8-9H2,1-7H3. The number of carbonyl (C=O) groups is 2. The van der Waals surface area contributed by atoms with Gasteiger partial charge in [-0.2, -0.15) is 0 Å². The molecule has 0 atom stereocenters. The van der Waals surface area contributed by atoms with E-state index in [4.69, 9.17) is 0 Å². The van der Waals surface area contributed by atoms with Crippen LogP contribution in [0, 0.1) is 10.8 Å². The van der Waals surface area contributed by atoms with Crippen molar-refractivity contribution in [3.05, 3.63) is 22.8 Å². The molecule has 0 aromatic heterocycles. The highest BCUT2D eigenvalue weighted by Gasteiger charge is 2.38. The number of carbonyl (C=O) groups excluding carboxylic acids is 2. The van der Waals surface area contributed by atoms with Crippen molar-refractivity contribution in [1.29, 1.82) is 0 Å². The summed E-state index contributed by atoms with van der Waals surface area (Å²) in [5.41, 5.74) is 1.83. The summed E-state index contributed by atoms with van der Waals surface area (Å²) in [5.74, 6) is -0.624. The van der Waals surface area contributed by atoms with Gasteiger partial charge in [0.2, 0.25) is 11.6 Å². The molecule has 0 aliphatic heterocycles. The number of hydrogen-bond donors (Lipinski definition) is 0. The highest BCUT2D eigenvalue weighted by atomic mass is 16.2. The van der Waals surface area contributed by atoms with Crippen molar-refractivity contribution in [2.45, 2.75) is 61.3 Å². The second kappa shape index (κ2) is 5.07. The second-order valence-corrected chi connectivity index (χ2v) is 7.37. The zero-order valence-electron chi connectivity index (χ0n) is 13.3. The van der Waals surface area contributed by atoms with Gasteiger partial charge in [0.15, 0.2) is 0 Å². The van der Waals surface area contributed by atoms with E-state index in [-0.39, 0.29) is 22.4 Å². The van der Waals surface area contributed by atoms with Crippen LogP contribution in [0.3, 0.4) is 0 Å². The number of allylic oxidation sites excluding steroid dienone is 4. The molecule has 0 bridgehead atoms. The van der Waals surface area contributed by atoms with E-state index < -0.39 is 0 Å². The summed E-state index contributed by atoms with van der Waals surface area (Å²) < 4.78 is 0. The molecule has 19 heavy (non-hydrogen) atoms. The summed E-state index contributed by atoms with van der Waals surface area (Å²) in [6.45, 7) is 14.0. The Morgan fingerprint density at radius 1 is 0.895 bits per heavy atom. The maximum absolute atomic E-state index is 12.5. The smallest absolute Gasteiger partial charge is 0.229 e. The lowest BCUT2D eigenvalue weighted by Gasteiger charge is -2.31. The molecule has 0 amide bonds. The molecule has 106 valence electrons. The van der Waals surface area contributed by atoms with Crippen molar-refractivity contribution in [2.75, 3.05) is 0 Å². The highest BCUT2D eigenvalue weighted by Crippen LogP contribution is 2.39. The van der Waals surface area contributed by atoms with Gasteiger partial charge in [-0.3, -0.25) is 9.59 Å². The zero-order valence-corrected chi connectivity index (χ0v) is 13.3. The van der Waals surface area contributed by atoms with Crippen molar-refractivity contribution in [1.82, 2.24) is 0 Å². The fraction of sp³-hybridized carbons (Fsp3) is 0.647. The minimum Gasteiger partial charge on any atom is -0.285 e. The molecule has 1 aliphatic carbocycles. The predicted octanol–water partition coefficient (Wildman–Crippen LogP) is 4.25. The van der Waals surface area contributed by atoms with E-state index >= 15 is 0 Å². The summed E-state index contributed by atoms with van der Waals surface area (Å²) in [4.78, 5) is 24.8. The Balaban J connectivity index is 3.50. The van der Waals surface area contributed by atoms with Crippen LogP contribution in [0.5, 0.6) is 0 Å². The maximum atomic E-state index is 12.5.